The maximum atomic E-state index is 5.30. The molecule has 0 amide bonds. The van der Waals surface area contributed by atoms with Gasteiger partial charge in [-0.05, 0) is 0 Å². The van der Waals surface area contributed by atoms with Crippen molar-refractivity contribution < 1.29 is 4.74 Å². The average Bonchev–Trinajstić information content (AvgIpc) is 1.98. The van der Waals surface area contributed by atoms with E-state index in [-0.39, 0.29) is 0 Å². The molecular weight excluding hydrogens is 130 g/mol. The second kappa shape index (κ2) is 6.10. The van der Waals surface area contributed by atoms with E-state index in [0.717, 1.165) is 0 Å². The molecule has 58 valence electrons. The van der Waals surface area contributed by atoms with Gasteiger partial charge < -0.3 is 16.2 Å². The molecule has 10 heavy (non-hydrogen) atoms. The Balaban J connectivity index is 3.37. The van der Waals surface area contributed by atoms with Crippen LogP contribution in [-0.2, 0) is 4.74 Å². The highest BCUT2D eigenvalue weighted by molar-refractivity contribution is 5.76. The fourth-order valence-electron chi connectivity index (χ4n) is 0.357. The molecule has 0 aromatic rings. The van der Waals surface area contributed by atoms with Crippen molar-refractivity contribution in [2.24, 2.45) is 16.5 Å². The first kappa shape index (κ1) is 8.97. The number of nitrogens with two attached hydrogens (primary N) is 2. The Bertz CT molecular complexity index is 131. The Hall–Kier alpha value is -1.03. The summed E-state index contributed by atoms with van der Waals surface area (Å²) in [5.41, 5.74) is 10.8. The third-order valence-electron chi connectivity index (χ3n) is 0.857. The van der Waals surface area contributed by atoms with Crippen LogP contribution in [0.4, 0.5) is 0 Å². The van der Waals surface area contributed by atoms with Crippen molar-refractivity contribution in [1.29, 1.82) is 0 Å². The van der Waals surface area contributed by atoms with Gasteiger partial charge in [0.15, 0.2) is 0 Å². The van der Waals surface area contributed by atoms with Crippen molar-refractivity contribution in [2.45, 2.75) is 0 Å². The Morgan fingerprint density at radius 2 is 2.40 bits per heavy atom. The van der Waals surface area contributed by atoms with Crippen molar-refractivity contribution in [2.75, 3.05) is 20.3 Å². The predicted octanol–water partition coefficient (Wildman–Crippen LogP) is -0.538. The largest absolute Gasteiger partial charge is 0.403 e. The van der Waals surface area contributed by atoms with Crippen LogP contribution < -0.4 is 11.5 Å². The number of hydrogen-bond acceptors (Lipinski definition) is 4. The first-order chi connectivity index (χ1) is 4.81. The van der Waals surface area contributed by atoms with E-state index in [1.807, 2.05) is 0 Å². The summed E-state index contributed by atoms with van der Waals surface area (Å²) >= 11 is 0. The van der Waals surface area contributed by atoms with E-state index in [4.69, 9.17) is 16.2 Å². The third kappa shape index (κ3) is 5.11. The quantitative estimate of drug-likeness (QED) is 0.410. The molecule has 0 aliphatic heterocycles. The molecule has 0 unspecified atom stereocenters. The van der Waals surface area contributed by atoms with Crippen molar-refractivity contribution >= 4 is 6.21 Å². The van der Waals surface area contributed by atoms with Crippen molar-refractivity contribution in [3.8, 4) is 0 Å². The summed E-state index contributed by atoms with van der Waals surface area (Å²) in [6.07, 6.45) is 2.81. The van der Waals surface area contributed by atoms with Gasteiger partial charge in [0.2, 0.25) is 0 Å². The average molecular weight is 143 g/mol. The lowest BCUT2D eigenvalue weighted by Crippen LogP contribution is -2.03. The minimum Gasteiger partial charge on any atom is -0.403 e. The molecule has 0 rings (SSSR count). The summed E-state index contributed by atoms with van der Waals surface area (Å²) < 4.78 is 4.75. The Morgan fingerprint density at radius 3 is 2.90 bits per heavy atom. The molecule has 0 aliphatic rings. The molecule has 0 aliphatic carbocycles. The molecule has 0 fully saturated rings. The Kier molecular flexibility index (Phi) is 5.47. The van der Waals surface area contributed by atoms with E-state index in [9.17, 15) is 0 Å². The SMILES string of the molecule is COCCN=CC(N)=CN. The number of nitrogens with zero attached hydrogens (tertiary/aromatic N) is 1. The standard InChI is InChI=1S/C6H13N3O/c1-10-3-2-9-5-6(8)4-7/h4-5H,2-3,7-8H2,1H3. The number of hydrogen-bond donors (Lipinski definition) is 2. The van der Waals surface area contributed by atoms with E-state index in [0.29, 0.717) is 18.8 Å². The Morgan fingerprint density at radius 1 is 1.70 bits per heavy atom. The molecule has 0 heterocycles. The lowest BCUT2D eigenvalue weighted by molar-refractivity contribution is 0.208. The third-order valence-corrected chi connectivity index (χ3v) is 0.857. The van der Waals surface area contributed by atoms with Crippen LogP contribution in [0, 0.1) is 0 Å². The van der Waals surface area contributed by atoms with Gasteiger partial charge in [-0.25, -0.2) is 0 Å². The highest BCUT2D eigenvalue weighted by Crippen LogP contribution is 1.74. The van der Waals surface area contributed by atoms with E-state index >= 15 is 0 Å². The molecule has 0 radical (unpaired) electrons. The highest BCUT2D eigenvalue weighted by Gasteiger charge is 1.79. The first-order valence-electron chi connectivity index (χ1n) is 2.97. The molecule has 0 aromatic carbocycles. The van der Waals surface area contributed by atoms with Crippen LogP contribution in [0.1, 0.15) is 0 Å². The number of methoxy groups -OCH3 is 1. The van der Waals surface area contributed by atoms with Gasteiger partial charge in [-0.2, -0.15) is 0 Å². The zero-order valence-corrected chi connectivity index (χ0v) is 6.08. The molecule has 0 atom stereocenters. The van der Waals surface area contributed by atoms with Crippen LogP contribution >= 0.6 is 0 Å². The van der Waals surface area contributed by atoms with Crippen LogP contribution in [0.5, 0.6) is 0 Å². The first-order valence-corrected chi connectivity index (χ1v) is 2.97. The second-order valence-electron chi connectivity index (χ2n) is 1.69. The molecule has 0 saturated heterocycles. The van der Waals surface area contributed by atoms with Gasteiger partial charge in [-0.3, -0.25) is 4.99 Å². The molecular formula is C6H13N3O. The summed E-state index contributed by atoms with van der Waals surface area (Å²) in [5.74, 6) is 0. The molecule has 4 N–H and O–H groups in total. The van der Waals surface area contributed by atoms with Crippen molar-refractivity contribution in [3.05, 3.63) is 11.9 Å². The van der Waals surface area contributed by atoms with Gasteiger partial charge in [0.05, 0.1) is 18.8 Å². The molecule has 4 nitrogen and oxygen atoms in total. The van der Waals surface area contributed by atoms with Gasteiger partial charge in [0.1, 0.15) is 0 Å². The number of aliphatic imine (C=N–C) groups is 1. The van der Waals surface area contributed by atoms with Crippen LogP contribution in [0.25, 0.3) is 0 Å². The summed E-state index contributed by atoms with van der Waals surface area (Å²) in [6, 6.07) is 0. The highest BCUT2D eigenvalue weighted by atomic mass is 16.5. The number of ether oxygens (including phenoxy) is 1. The number of allylic oxidation sites excluding steroid dienone is 1. The van der Waals surface area contributed by atoms with Gasteiger partial charge in [-0.15, -0.1) is 0 Å². The van der Waals surface area contributed by atoms with Crippen LogP contribution in [0.2, 0.25) is 0 Å². The predicted molar refractivity (Wildman–Crippen MR) is 41.7 cm³/mol. The molecule has 0 saturated carbocycles. The maximum Gasteiger partial charge on any atom is 0.0658 e. The summed E-state index contributed by atoms with van der Waals surface area (Å²) in [7, 11) is 1.62. The van der Waals surface area contributed by atoms with E-state index in [1.54, 1.807) is 7.11 Å². The van der Waals surface area contributed by atoms with Gasteiger partial charge in [0.25, 0.3) is 0 Å². The molecule has 0 bridgehead atoms. The fourth-order valence-corrected chi connectivity index (χ4v) is 0.357. The fraction of sp³-hybridized carbons (Fsp3) is 0.500. The Labute approximate surface area is 60.6 Å². The lowest BCUT2D eigenvalue weighted by atomic mass is 10.5. The smallest absolute Gasteiger partial charge is 0.0658 e. The second-order valence-corrected chi connectivity index (χ2v) is 1.69. The topological polar surface area (TPSA) is 73.6 Å². The van der Waals surface area contributed by atoms with Crippen molar-refractivity contribution in [1.82, 2.24) is 0 Å². The van der Waals surface area contributed by atoms with Gasteiger partial charge in [-0.1, -0.05) is 0 Å². The zero-order chi connectivity index (χ0) is 7.82. The summed E-state index contributed by atoms with van der Waals surface area (Å²) in [6.45, 7) is 1.22. The van der Waals surface area contributed by atoms with E-state index in [2.05, 4.69) is 4.99 Å². The minimum absolute atomic E-state index is 0.469. The summed E-state index contributed by atoms with van der Waals surface area (Å²) in [5, 5.41) is 0. The van der Waals surface area contributed by atoms with Crippen LogP contribution in [0.15, 0.2) is 16.9 Å². The van der Waals surface area contributed by atoms with Crippen LogP contribution in [0.3, 0.4) is 0 Å². The number of rotatable bonds is 4. The van der Waals surface area contributed by atoms with Crippen molar-refractivity contribution in [3.63, 3.8) is 0 Å². The lowest BCUT2D eigenvalue weighted by Gasteiger charge is -1.91. The van der Waals surface area contributed by atoms with Gasteiger partial charge in [0, 0.05) is 19.5 Å². The monoisotopic (exact) mass is 143 g/mol. The molecule has 4 heteroatoms. The van der Waals surface area contributed by atoms with E-state index < -0.39 is 0 Å². The molecule has 0 aromatic heterocycles. The summed E-state index contributed by atoms with van der Waals surface area (Å²) in [4.78, 5) is 3.91. The van der Waals surface area contributed by atoms with Crippen LogP contribution in [-0.4, -0.2) is 26.5 Å². The normalized spacial score (nSPS) is 12.7. The van der Waals surface area contributed by atoms with E-state index in [1.165, 1.54) is 12.4 Å². The minimum atomic E-state index is 0.469. The maximum absolute atomic E-state index is 5.30. The zero-order valence-electron chi connectivity index (χ0n) is 6.08. The van der Waals surface area contributed by atoms with Gasteiger partial charge >= 0.3 is 0 Å². The molecule has 0 spiro atoms.